The molecule has 2 aromatic rings. The molecule has 2 rings (SSSR count). The van der Waals surface area contributed by atoms with Crippen LogP contribution in [-0.2, 0) is 0 Å². The van der Waals surface area contributed by atoms with Crippen molar-refractivity contribution in [2.75, 3.05) is 5.32 Å². The molecular formula is C11H8BrNO2. The van der Waals surface area contributed by atoms with Crippen molar-refractivity contribution >= 4 is 27.5 Å². The van der Waals surface area contributed by atoms with Crippen LogP contribution in [0.2, 0.25) is 0 Å². The summed E-state index contributed by atoms with van der Waals surface area (Å²) in [7, 11) is 0. The topological polar surface area (TPSA) is 42.2 Å². The number of furan rings is 1. The van der Waals surface area contributed by atoms with Gasteiger partial charge in [0.25, 0.3) is 5.91 Å². The highest BCUT2D eigenvalue weighted by molar-refractivity contribution is 9.10. The number of nitrogens with one attached hydrogen (secondary N) is 1. The summed E-state index contributed by atoms with van der Waals surface area (Å²) in [5.41, 5.74) is 1.27. The molecule has 3 nitrogen and oxygen atoms in total. The van der Waals surface area contributed by atoms with Crippen molar-refractivity contribution in [2.24, 2.45) is 0 Å². The molecule has 1 N–H and O–H groups in total. The van der Waals surface area contributed by atoms with Crippen LogP contribution in [0.4, 0.5) is 5.69 Å². The van der Waals surface area contributed by atoms with E-state index in [1.165, 1.54) is 12.5 Å². The zero-order valence-electron chi connectivity index (χ0n) is 7.74. The van der Waals surface area contributed by atoms with Gasteiger partial charge in [0.15, 0.2) is 0 Å². The molecule has 15 heavy (non-hydrogen) atoms. The van der Waals surface area contributed by atoms with Crippen molar-refractivity contribution in [3.8, 4) is 0 Å². The Labute approximate surface area is 95.2 Å². The van der Waals surface area contributed by atoms with Crippen molar-refractivity contribution in [3.05, 3.63) is 52.9 Å². The van der Waals surface area contributed by atoms with E-state index in [9.17, 15) is 4.79 Å². The average molecular weight is 266 g/mol. The smallest absolute Gasteiger partial charge is 0.258 e. The number of rotatable bonds is 2. The number of carbonyl (C=O) groups is 1. The normalized spacial score (nSPS) is 9.93. The van der Waals surface area contributed by atoms with E-state index in [0.29, 0.717) is 5.56 Å². The highest BCUT2D eigenvalue weighted by atomic mass is 79.9. The molecular weight excluding hydrogens is 258 g/mol. The van der Waals surface area contributed by atoms with Gasteiger partial charge in [-0.05, 0) is 30.3 Å². The van der Waals surface area contributed by atoms with Gasteiger partial charge in [0.2, 0.25) is 0 Å². The molecule has 0 saturated heterocycles. The van der Waals surface area contributed by atoms with Crippen LogP contribution in [0.15, 0.2) is 51.7 Å². The van der Waals surface area contributed by atoms with Crippen LogP contribution in [0.1, 0.15) is 10.4 Å². The molecule has 0 radical (unpaired) electrons. The largest absolute Gasteiger partial charge is 0.472 e. The first-order valence-electron chi connectivity index (χ1n) is 4.35. The van der Waals surface area contributed by atoms with E-state index in [1.54, 1.807) is 6.07 Å². The molecule has 1 amide bonds. The Kier molecular flexibility index (Phi) is 2.87. The van der Waals surface area contributed by atoms with Crippen molar-refractivity contribution in [2.45, 2.75) is 0 Å². The number of anilines is 1. The van der Waals surface area contributed by atoms with Crippen molar-refractivity contribution in [1.29, 1.82) is 0 Å². The van der Waals surface area contributed by atoms with Crippen LogP contribution in [0.3, 0.4) is 0 Å². The summed E-state index contributed by atoms with van der Waals surface area (Å²) in [6, 6.07) is 8.99. The Hall–Kier alpha value is -1.55. The van der Waals surface area contributed by atoms with Crippen LogP contribution >= 0.6 is 15.9 Å². The molecule has 76 valence electrons. The molecule has 0 atom stereocenters. The Morgan fingerprint density at radius 3 is 2.53 bits per heavy atom. The number of hydrogen-bond donors (Lipinski definition) is 1. The van der Waals surface area contributed by atoms with Gasteiger partial charge in [0.1, 0.15) is 6.26 Å². The second kappa shape index (κ2) is 4.31. The minimum Gasteiger partial charge on any atom is -0.472 e. The molecule has 0 aliphatic heterocycles. The zero-order valence-corrected chi connectivity index (χ0v) is 9.32. The fraction of sp³-hybridized carbons (Fsp3) is 0. The molecule has 0 saturated carbocycles. The maximum atomic E-state index is 11.6. The first-order chi connectivity index (χ1) is 7.25. The molecule has 0 aliphatic rings. The van der Waals surface area contributed by atoms with Gasteiger partial charge >= 0.3 is 0 Å². The summed E-state index contributed by atoms with van der Waals surface area (Å²) in [5, 5.41) is 2.75. The minimum atomic E-state index is -0.175. The second-order valence-electron chi connectivity index (χ2n) is 2.97. The van der Waals surface area contributed by atoms with Crippen LogP contribution in [0.25, 0.3) is 0 Å². The minimum absolute atomic E-state index is 0.175. The van der Waals surface area contributed by atoms with Crippen LogP contribution in [0.5, 0.6) is 0 Å². The van der Waals surface area contributed by atoms with E-state index in [1.807, 2.05) is 24.3 Å². The average Bonchev–Trinajstić information content (AvgIpc) is 2.74. The van der Waals surface area contributed by atoms with Gasteiger partial charge in [0.05, 0.1) is 11.8 Å². The van der Waals surface area contributed by atoms with Crippen molar-refractivity contribution in [3.63, 3.8) is 0 Å². The zero-order chi connectivity index (χ0) is 10.7. The lowest BCUT2D eigenvalue weighted by molar-refractivity contribution is 0.102. The van der Waals surface area contributed by atoms with Crippen molar-refractivity contribution in [1.82, 2.24) is 0 Å². The fourth-order valence-electron chi connectivity index (χ4n) is 1.13. The first kappa shape index (κ1) is 9.98. The van der Waals surface area contributed by atoms with Gasteiger partial charge in [-0.15, -0.1) is 0 Å². The van der Waals surface area contributed by atoms with Gasteiger partial charge < -0.3 is 9.73 Å². The van der Waals surface area contributed by atoms with E-state index < -0.39 is 0 Å². The molecule has 1 heterocycles. The standard InChI is InChI=1S/C11H8BrNO2/c12-9-1-3-10(4-2-9)13-11(14)8-5-6-15-7-8/h1-7H,(H,13,14). The van der Waals surface area contributed by atoms with E-state index in [4.69, 9.17) is 4.42 Å². The van der Waals surface area contributed by atoms with E-state index >= 15 is 0 Å². The SMILES string of the molecule is O=C(Nc1ccc(Br)cc1)c1ccoc1. The number of carbonyl (C=O) groups excluding carboxylic acids is 1. The lowest BCUT2D eigenvalue weighted by Crippen LogP contribution is -2.10. The number of benzene rings is 1. The third kappa shape index (κ3) is 2.47. The number of hydrogen-bond acceptors (Lipinski definition) is 2. The fourth-order valence-corrected chi connectivity index (χ4v) is 1.39. The van der Waals surface area contributed by atoms with Gasteiger partial charge in [0, 0.05) is 10.2 Å². The third-order valence-corrected chi connectivity index (χ3v) is 2.41. The van der Waals surface area contributed by atoms with Crippen LogP contribution < -0.4 is 5.32 Å². The lowest BCUT2D eigenvalue weighted by Gasteiger charge is -2.02. The summed E-state index contributed by atoms with van der Waals surface area (Å²) in [4.78, 5) is 11.6. The number of halogens is 1. The Morgan fingerprint density at radius 2 is 1.93 bits per heavy atom. The molecule has 0 unspecified atom stereocenters. The predicted octanol–water partition coefficient (Wildman–Crippen LogP) is 3.29. The Balaban J connectivity index is 2.09. The van der Waals surface area contributed by atoms with E-state index in [2.05, 4.69) is 21.2 Å². The molecule has 0 bridgehead atoms. The van der Waals surface area contributed by atoms with E-state index in [0.717, 1.165) is 10.2 Å². The quantitative estimate of drug-likeness (QED) is 0.906. The third-order valence-electron chi connectivity index (χ3n) is 1.89. The predicted molar refractivity (Wildman–Crippen MR) is 60.8 cm³/mol. The Morgan fingerprint density at radius 1 is 1.20 bits per heavy atom. The summed E-state index contributed by atoms with van der Waals surface area (Å²) < 4.78 is 5.80. The summed E-state index contributed by atoms with van der Waals surface area (Å²) in [6.07, 6.45) is 2.88. The van der Waals surface area contributed by atoms with Crippen LogP contribution in [-0.4, -0.2) is 5.91 Å². The summed E-state index contributed by atoms with van der Waals surface area (Å²) in [6.45, 7) is 0. The molecule has 1 aromatic heterocycles. The van der Waals surface area contributed by atoms with E-state index in [-0.39, 0.29) is 5.91 Å². The highest BCUT2D eigenvalue weighted by Gasteiger charge is 2.06. The van der Waals surface area contributed by atoms with Gasteiger partial charge in [-0.1, -0.05) is 15.9 Å². The lowest BCUT2D eigenvalue weighted by atomic mass is 10.3. The molecule has 0 spiro atoms. The molecule has 0 aliphatic carbocycles. The number of amides is 1. The summed E-state index contributed by atoms with van der Waals surface area (Å²) >= 11 is 3.32. The Bertz CT molecular complexity index is 448. The van der Waals surface area contributed by atoms with Crippen molar-refractivity contribution < 1.29 is 9.21 Å². The monoisotopic (exact) mass is 265 g/mol. The van der Waals surface area contributed by atoms with Gasteiger partial charge in [-0.2, -0.15) is 0 Å². The maximum Gasteiger partial charge on any atom is 0.258 e. The second-order valence-corrected chi connectivity index (χ2v) is 3.89. The summed E-state index contributed by atoms with van der Waals surface area (Å²) in [5.74, 6) is -0.175. The van der Waals surface area contributed by atoms with Crippen LogP contribution in [0, 0.1) is 0 Å². The molecule has 1 aromatic carbocycles. The maximum absolute atomic E-state index is 11.6. The van der Waals surface area contributed by atoms with Gasteiger partial charge in [-0.25, -0.2) is 0 Å². The molecule has 0 fully saturated rings. The molecule has 4 heteroatoms. The van der Waals surface area contributed by atoms with Gasteiger partial charge in [-0.3, -0.25) is 4.79 Å². The first-order valence-corrected chi connectivity index (χ1v) is 5.14. The highest BCUT2D eigenvalue weighted by Crippen LogP contribution is 2.15.